The number of nitrogens with one attached hydrogen (secondary N) is 2. The third kappa shape index (κ3) is 3.54. The van der Waals surface area contributed by atoms with Crippen LogP contribution in [0.25, 0.3) is 0 Å². The van der Waals surface area contributed by atoms with Crippen molar-refractivity contribution < 1.29 is 13.6 Å². The molecular formula is C15H20F2N2O. The van der Waals surface area contributed by atoms with Crippen molar-refractivity contribution in [2.24, 2.45) is 0 Å². The van der Waals surface area contributed by atoms with Crippen LogP contribution >= 0.6 is 0 Å². The van der Waals surface area contributed by atoms with Crippen molar-refractivity contribution in [3.63, 3.8) is 0 Å². The van der Waals surface area contributed by atoms with Crippen LogP contribution in [0.15, 0.2) is 18.2 Å². The van der Waals surface area contributed by atoms with Gasteiger partial charge in [0.1, 0.15) is 0 Å². The van der Waals surface area contributed by atoms with Gasteiger partial charge in [-0.05, 0) is 32.8 Å². The SMILES string of the molecule is CC1CCC(NC(=O)Cc2cccc(F)c2F)C(C)N1. The molecule has 0 saturated carbocycles. The van der Waals surface area contributed by atoms with Crippen LogP contribution in [0.4, 0.5) is 8.78 Å². The van der Waals surface area contributed by atoms with E-state index in [9.17, 15) is 13.6 Å². The minimum atomic E-state index is -0.939. The fraction of sp³-hybridized carbons (Fsp3) is 0.533. The molecule has 1 aliphatic rings. The van der Waals surface area contributed by atoms with Crippen molar-refractivity contribution >= 4 is 5.91 Å². The van der Waals surface area contributed by atoms with E-state index in [1.165, 1.54) is 12.1 Å². The number of carbonyl (C=O) groups is 1. The van der Waals surface area contributed by atoms with Crippen LogP contribution in [0.2, 0.25) is 0 Å². The molecule has 3 unspecified atom stereocenters. The molecule has 2 rings (SSSR count). The first-order chi connectivity index (χ1) is 9.47. The van der Waals surface area contributed by atoms with Gasteiger partial charge < -0.3 is 10.6 Å². The van der Waals surface area contributed by atoms with E-state index in [4.69, 9.17) is 0 Å². The zero-order valence-electron chi connectivity index (χ0n) is 11.7. The van der Waals surface area contributed by atoms with Gasteiger partial charge in [0.25, 0.3) is 0 Å². The lowest BCUT2D eigenvalue weighted by molar-refractivity contribution is -0.121. The topological polar surface area (TPSA) is 41.1 Å². The van der Waals surface area contributed by atoms with Crippen LogP contribution in [0.5, 0.6) is 0 Å². The molecule has 1 aromatic carbocycles. The maximum Gasteiger partial charge on any atom is 0.224 e. The van der Waals surface area contributed by atoms with E-state index in [2.05, 4.69) is 17.6 Å². The van der Waals surface area contributed by atoms with Crippen molar-refractivity contribution in [1.82, 2.24) is 10.6 Å². The fourth-order valence-corrected chi connectivity index (χ4v) is 2.64. The van der Waals surface area contributed by atoms with E-state index in [-0.39, 0.29) is 30.0 Å². The molecule has 0 radical (unpaired) electrons. The molecule has 110 valence electrons. The minimum Gasteiger partial charge on any atom is -0.352 e. The molecule has 3 atom stereocenters. The number of piperidine rings is 1. The van der Waals surface area contributed by atoms with E-state index >= 15 is 0 Å². The monoisotopic (exact) mass is 282 g/mol. The Labute approximate surface area is 117 Å². The quantitative estimate of drug-likeness (QED) is 0.892. The van der Waals surface area contributed by atoms with Crippen LogP contribution in [0.3, 0.4) is 0 Å². The van der Waals surface area contributed by atoms with Crippen LogP contribution in [-0.4, -0.2) is 24.0 Å². The summed E-state index contributed by atoms with van der Waals surface area (Å²) in [6.07, 6.45) is 1.75. The molecule has 0 aromatic heterocycles. The van der Waals surface area contributed by atoms with E-state index in [0.29, 0.717) is 6.04 Å². The molecule has 20 heavy (non-hydrogen) atoms. The summed E-state index contributed by atoms with van der Waals surface area (Å²) in [5.74, 6) is -2.13. The highest BCUT2D eigenvalue weighted by atomic mass is 19.2. The highest BCUT2D eigenvalue weighted by Crippen LogP contribution is 2.15. The number of hydrogen-bond acceptors (Lipinski definition) is 2. The Morgan fingerprint density at radius 2 is 2.10 bits per heavy atom. The summed E-state index contributed by atoms with van der Waals surface area (Å²) in [7, 11) is 0. The second kappa shape index (κ2) is 6.31. The second-order valence-electron chi connectivity index (χ2n) is 5.50. The molecule has 0 bridgehead atoms. The minimum absolute atomic E-state index is 0.0373. The Balaban J connectivity index is 1.94. The van der Waals surface area contributed by atoms with Crippen molar-refractivity contribution in [2.75, 3.05) is 0 Å². The maximum absolute atomic E-state index is 13.5. The van der Waals surface area contributed by atoms with E-state index in [1.54, 1.807) is 0 Å². The predicted molar refractivity (Wildman–Crippen MR) is 73.3 cm³/mol. The highest BCUT2D eigenvalue weighted by molar-refractivity contribution is 5.79. The molecule has 0 aliphatic carbocycles. The summed E-state index contributed by atoms with van der Waals surface area (Å²) >= 11 is 0. The first kappa shape index (κ1) is 14.9. The molecule has 1 saturated heterocycles. The van der Waals surface area contributed by atoms with E-state index in [1.807, 2.05) is 6.92 Å². The van der Waals surface area contributed by atoms with Gasteiger partial charge in [0.05, 0.1) is 6.42 Å². The molecule has 5 heteroatoms. The van der Waals surface area contributed by atoms with Crippen molar-refractivity contribution in [2.45, 2.75) is 51.2 Å². The van der Waals surface area contributed by atoms with Gasteiger partial charge in [-0.3, -0.25) is 4.79 Å². The Hall–Kier alpha value is -1.49. The molecule has 1 heterocycles. The van der Waals surface area contributed by atoms with E-state index in [0.717, 1.165) is 18.9 Å². The molecule has 1 amide bonds. The maximum atomic E-state index is 13.5. The van der Waals surface area contributed by atoms with Crippen LogP contribution in [0.1, 0.15) is 32.3 Å². The molecule has 1 fully saturated rings. The standard InChI is InChI=1S/C15H20F2N2O/c1-9-6-7-13(10(2)18-9)19-14(20)8-11-4-3-5-12(16)15(11)17/h3-5,9-10,13,18H,6-8H2,1-2H3,(H,19,20). The first-order valence-electron chi connectivity index (χ1n) is 6.95. The summed E-state index contributed by atoms with van der Waals surface area (Å²) in [6.45, 7) is 4.13. The third-order valence-electron chi connectivity index (χ3n) is 3.79. The molecule has 1 aliphatic heterocycles. The Morgan fingerprint density at radius 1 is 1.35 bits per heavy atom. The lowest BCUT2D eigenvalue weighted by Gasteiger charge is -2.34. The number of amides is 1. The Kier molecular flexibility index (Phi) is 4.70. The lowest BCUT2D eigenvalue weighted by Crippen LogP contribution is -2.55. The fourth-order valence-electron chi connectivity index (χ4n) is 2.64. The van der Waals surface area contributed by atoms with Gasteiger partial charge >= 0.3 is 0 Å². The van der Waals surface area contributed by atoms with Crippen LogP contribution in [-0.2, 0) is 11.2 Å². The molecule has 1 aromatic rings. The van der Waals surface area contributed by atoms with Crippen molar-refractivity contribution in [3.05, 3.63) is 35.4 Å². The van der Waals surface area contributed by atoms with Crippen LogP contribution in [0, 0.1) is 11.6 Å². The van der Waals surface area contributed by atoms with Crippen molar-refractivity contribution in [1.29, 1.82) is 0 Å². The average Bonchev–Trinajstić information content (AvgIpc) is 2.38. The zero-order chi connectivity index (χ0) is 14.7. The summed E-state index contributed by atoms with van der Waals surface area (Å²) in [5.41, 5.74) is 0.0901. The summed E-state index contributed by atoms with van der Waals surface area (Å²) < 4.78 is 26.6. The van der Waals surface area contributed by atoms with Gasteiger partial charge in [-0.1, -0.05) is 12.1 Å². The van der Waals surface area contributed by atoms with E-state index < -0.39 is 11.6 Å². The highest BCUT2D eigenvalue weighted by Gasteiger charge is 2.26. The average molecular weight is 282 g/mol. The van der Waals surface area contributed by atoms with Gasteiger partial charge in [0.2, 0.25) is 5.91 Å². The normalized spacial score (nSPS) is 26.3. The van der Waals surface area contributed by atoms with Crippen molar-refractivity contribution in [3.8, 4) is 0 Å². The predicted octanol–water partition coefficient (Wildman–Crippen LogP) is 2.15. The molecule has 2 N–H and O–H groups in total. The molecular weight excluding hydrogens is 262 g/mol. The second-order valence-corrected chi connectivity index (χ2v) is 5.50. The van der Waals surface area contributed by atoms with Crippen LogP contribution < -0.4 is 10.6 Å². The number of benzene rings is 1. The Morgan fingerprint density at radius 3 is 2.80 bits per heavy atom. The van der Waals surface area contributed by atoms with Gasteiger partial charge in [-0.15, -0.1) is 0 Å². The van der Waals surface area contributed by atoms with Gasteiger partial charge in [0.15, 0.2) is 11.6 Å². The number of halogens is 2. The zero-order valence-corrected chi connectivity index (χ0v) is 11.7. The molecule has 0 spiro atoms. The summed E-state index contributed by atoms with van der Waals surface area (Å²) in [6, 6.07) is 4.55. The summed E-state index contributed by atoms with van der Waals surface area (Å²) in [5, 5.41) is 6.26. The Bertz CT molecular complexity index is 493. The number of hydrogen-bond donors (Lipinski definition) is 2. The third-order valence-corrected chi connectivity index (χ3v) is 3.79. The van der Waals surface area contributed by atoms with Gasteiger partial charge in [-0.2, -0.15) is 0 Å². The summed E-state index contributed by atoms with van der Waals surface area (Å²) in [4.78, 5) is 11.9. The lowest BCUT2D eigenvalue weighted by atomic mass is 9.95. The van der Waals surface area contributed by atoms with Gasteiger partial charge in [-0.25, -0.2) is 8.78 Å². The number of rotatable bonds is 3. The number of carbonyl (C=O) groups excluding carboxylic acids is 1. The largest absolute Gasteiger partial charge is 0.352 e. The van der Waals surface area contributed by atoms with Gasteiger partial charge in [0, 0.05) is 23.7 Å². The molecule has 3 nitrogen and oxygen atoms in total. The smallest absolute Gasteiger partial charge is 0.224 e. The first-order valence-corrected chi connectivity index (χ1v) is 6.95.